The minimum Gasteiger partial charge on any atom is -0.480 e. The Bertz CT molecular complexity index is 585. The Morgan fingerprint density at radius 3 is 2.80 bits per heavy atom. The molecule has 1 aromatic carbocycles. The van der Waals surface area contributed by atoms with E-state index in [1.165, 1.54) is 6.07 Å². The Morgan fingerprint density at radius 1 is 1.50 bits per heavy atom. The van der Waals surface area contributed by atoms with Crippen LogP contribution in [0, 0.1) is 11.3 Å². The topological polar surface area (TPSA) is 90.6 Å². The van der Waals surface area contributed by atoms with E-state index in [0.717, 1.165) is 0 Å². The van der Waals surface area contributed by atoms with Gasteiger partial charge >= 0.3 is 5.97 Å². The number of carbonyl (C=O) groups excluding carboxylic acids is 1. The quantitative estimate of drug-likeness (QED) is 0.879. The van der Waals surface area contributed by atoms with Crippen molar-refractivity contribution in [3.63, 3.8) is 0 Å². The van der Waals surface area contributed by atoms with Gasteiger partial charge in [-0.3, -0.25) is 4.79 Å². The number of nitriles is 1. The molecule has 1 amide bonds. The maximum Gasteiger partial charge on any atom is 0.329 e. The molecule has 0 spiro atoms. The van der Waals surface area contributed by atoms with Gasteiger partial charge in [0.15, 0.2) is 0 Å². The number of rotatable bonds is 4. The predicted octanol–water partition coefficient (Wildman–Crippen LogP) is 0.874. The van der Waals surface area contributed by atoms with E-state index < -0.39 is 11.6 Å². The minimum atomic E-state index is -1.03. The maximum absolute atomic E-state index is 12.2. The molecule has 1 aliphatic heterocycles. The summed E-state index contributed by atoms with van der Waals surface area (Å²) in [5.41, 5.74) is 0.270. The first-order valence-electron chi connectivity index (χ1n) is 6.09. The molecule has 1 fully saturated rings. The van der Waals surface area contributed by atoms with E-state index in [4.69, 9.17) is 15.1 Å². The molecule has 1 heterocycles. The van der Waals surface area contributed by atoms with Gasteiger partial charge in [-0.05, 0) is 25.1 Å². The van der Waals surface area contributed by atoms with Gasteiger partial charge < -0.3 is 14.7 Å². The Hall–Kier alpha value is -2.39. The van der Waals surface area contributed by atoms with Crippen LogP contribution in [0.5, 0.6) is 0 Å². The van der Waals surface area contributed by atoms with Crippen LogP contribution in [-0.4, -0.2) is 47.2 Å². The van der Waals surface area contributed by atoms with Gasteiger partial charge in [0.2, 0.25) is 0 Å². The van der Waals surface area contributed by atoms with E-state index in [0.29, 0.717) is 24.2 Å². The number of aliphatic carboxylic acids is 1. The van der Waals surface area contributed by atoms with Crippen molar-refractivity contribution in [1.82, 2.24) is 4.90 Å². The van der Waals surface area contributed by atoms with Gasteiger partial charge in [0.1, 0.15) is 12.2 Å². The molecule has 6 heteroatoms. The molecule has 1 saturated heterocycles. The normalized spacial score (nSPS) is 16.1. The van der Waals surface area contributed by atoms with Gasteiger partial charge in [-0.2, -0.15) is 5.26 Å². The third-order valence-electron chi connectivity index (χ3n) is 3.12. The fourth-order valence-corrected chi connectivity index (χ4v) is 2.14. The van der Waals surface area contributed by atoms with E-state index in [9.17, 15) is 9.59 Å². The van der Waals surface area contributed by atoms with Crippen LogP contribution in [-0.2, 0) is 9.53 Å². The molecule has 0 aliphatic carbocycles. The van der Waals surface area contributed by atoms with Gasteiger partial charge in [-0.25, -0.2) is 4.79 Å². The van der Waals surface area contributed by atoms with Crippen molar-refractivity contribution in [2.45, 2.75) is 12.5 Å². The second-order valence-electron chi connectivity index (χ2n) is 4.99. The Labute approximate surface area is 116 Å². The summed E-state index contributed by atoms with van der Waals surface area (Å²) in [6.45, 7) is 2.08. The molecule has 0 aromatic heterocycles. The molecule has 0 radical (unpaired) electrons. The van der Waals surface area contributed by atoms with Crippen LogP contribution >= 0.6 is 0 Å². The highest BCUT2D eigenvalue weighted by atomic mass is 16.5. The molecule has 0 bridgehead atoms. The van der Waals surface area contributed by atoms with Crippen LogP contribution in [0.4, 0.5) is 0 Å². The van der Waals surface area contributed by atoms with Gasteiger partial charge in [0.05, 0.1) is 24.7 Å². The predicted molar refractivity (Wildman–Crippen MR) is 69.1 cm³/mol. The molecule has 6 nitrogen and oxygen atoms in total. The average molecular weight is 274 g/mol. The summed E-state index contributed by atoms with van der Waals surface area (Å²) in [6, 6.07) is 8.46. The largest absolute Gasteiger partial charge is 0.480 e. The zero-order chi connectivity index (χ0) is 14.8. The molecule has 0 unspecified atom stereocenters. The maximum atomic E-state index is 12.2. The first kappa shape index (κ1) is 14.0. The van der Waals surface area contributed by atoms with Crippen LogP contribution in [0.1, 0.15) is 22.8 Å². The SMILES string of the molecule is CC1(OCC(=O)O)CN(C(=O)c2cccc(C#N)c2)C1. The number of hydrogen-bond acceptors (Lipinski definition) is 4. The molecule has 0 atom stereocenters. The van der Waals surface area contributed by atoms with Crippen molar-refractivity contribution in [1.29, 1.82) is 5.26 Å². The van der Waals surface area contributed by atoms with Crippen LogP contribution in [0.15, 0.2) is 24.3 Å². The third-order valence-corrected chi connectivity index (χ3v) is 3.12. The zero-order valence-corrected chi connectivity index (χ0v) is 11.0. The minimum absolute atomic E-state index is 0.182. The molecule has 1 aliphatic rings. The molecule has 2 rings (SSSR count). The van der Waals surface area contributed by atoms with E-state index in [1.807, 2.05) is 6.07 Å². The van der Waals surface area contributed by atoms with Crippen LogP contribution in [0.2, 0.25) is 0 Å². The fourth-order valence-electron chi connectivity index (χ4n) is 2.14. The summed E-state index contributed by atoms with van der Waals surface area (Å²) in [5.74, 6) is -1.21. The van der Waals surface area contributed by atoms with Crippen molar-refractivity contribution in [2.24, 2.45) is 0 Å². The number of carboxylic acids is 1. The molecule has 0 saturated carbocycles. The lowest BCUT2D eigenvalue weighted by Gasteiger charge is -2.47. The van der Waals surface area contributed by atoms with Gasteiger partial charge in [-0.1, -0.05) is 6.07 Å². The molecule has 104 valence electrons. The summed E-state index contributed by atoms with van der Waals surface area (Å²) in [5, 5.41) is 17.4. The lowest BCUT2D eigenvalue weighted by atomic mass is 9.95. The van der Waals surface area contributed by atoms with E-state index in [-0.39, 0.29) is 12.5 Å². The average Bonchev–Trinajstić information content (AvgIpc) is 2.41. The summed E-state index contributed by atoms with van der Waals surface area (Å²) in [6.07, 6.45) is 0. The number of nitrogens with zero attached hydrogens (tertiary/aromatic N) is 2. The lowest BCUT2D eigenvalue weighted by molar-refractivity contribution is -0.159. The number of ether oxygens (including phenoxy) is 1. The number of likely N-dealkylation sites (tertiary alicyclic amines) is 1. The Kier molecular flexibility index (Phi) is 3.72. The fraction of sp³-hybridized carbons (Fsp3) is 0.357. The third kappa shape index (κ3) is 2.95. The van der Waals surface area contributed by atoms with Gasteiger partial charge in [0, 0.05) is 5.56 Å². The number of carboxylic acid groups (broad SMARTS) is 1. The Balaban J connectivity index is 1.96. The van der Waals surface area contributed by atoms with Gasteiger partial charge in [-0.15, -0.1) is 0 Å². The van der Waals surface area contributed by atoms with E-state index >= 15 is 0 Å². The van der Waals surface area contributed by atoms with Crippen LogP contribution < -0.4 is 0 Å². The Morgan fingerprint density at radius 2 is 2.20 bits per heavy atom. The standard InChI is InChI=1S/C14H14N2O4/c1-14(20-7-12(17)18)8-16(9-14)13(19)11-4-2-3-10(5-11)6-15/h2-5H,7-9H2,1H3,(H,17,18). The first-order valence-corrected chi connectivity index (χ1v) is 6.09. The second kappa shape index (κ2) is 5.31. The summed E-state index contributed by atoms with van der Waals surface area (Å²) in [4.78, 5) is 24.2. The highest BCUT2D eigenvalue weighted by Gasteiger charge is 2.42. The van der Waals surface area contributed by atoms with Gasteiger partial charge in [0.25, 0.3) is 5.91 Å². The highest BCUT2D eigenvalue weighted by Crippen LogP contribution is 2.26. The lowest BCUT2D eigenvalue weighted by Crippen LogP contribution is -2.63. The van der Waals surface area contributed by atoms with Crippen molar-refractivity contribution in [3.05, 3.63) is 35.4 Å². The molecular weight excluding hydrogens is 260 g/mol. The van der Waals surface area contributed by atoms with Crippen molar-refractivity contribution >= 4 is 11.9 Å². The molecule has 1 aromatic rings. The molecular formula is C14H14N2O4. The molecule has 20 heavy (non-hydrogen) atoms. The summed E-state index contributed by atoms with van der Waals surface area (Å²) < 4.78 is 5.24. The van der Waals surface area contributed by atoms with Crippen molar-refractivity contribution < 1.29 is 19.4 Å². The summed E-state index contributed by atoms with van der Waals surface area (Å²) >= 11 is 0. The van der Waals surface area contributed by atoms with E-state index in [1.54, 1.807) is 30.0 Å². The number of amides is 1. The monoisotopic (exact) mass is 274 g/mol. The second-order valence-corrected chi connectivity index (χ2v) is 4.99. The zero-order valence-electron chi connectivity index (χ0n) is 11.0. The van der Waals surface area contributed by atoms with Crippen LogP contribution in [0.3, 0.4) is 0 Å². The van der Waals surface area contributed by atoms with E-state index in [2.05, 4.69) is 0 Å². The van der Waals surface area contributed by atoms with Crippen molar-refractivity contribution in [3.8, 4) is 6.07 Å². The highest BCUT2D eigenvalue weighted by molar-refractivity contribution is 5.95. The number of carbonyl (C=O) groups is 2. The number of hydrogen-bond donors (Lipinski definition) is 1. The molecule has 1 N–H and O–H groups in total. The van der Waals surface area contributed by atoms with Crippen molar-refractivity contribution in [2.75, 3.05) is 19.7 Å². The smallest absolute Gasteiger partial charge is 0.329 e. The summed E-state index contributed by atoms with van der Waals surface area (Å²) in [7, 11) is 0. The number of benzene rings is 1. The van der Waals surface area contributed by atoms with Crippen LogP contribution in [0.25, 0.3) is 0 Å². The first-order chi connectivity index (χ1) is 9.43.